The zero-order valence-electron chi connectivity index (χ0n) is 11.7. The Balaban J connectivity index is 1.95. The van der Waals surface area contributed by atoms with Gasteiger partial charge in [0.1, 0.15) is 0 Å². The Morgan fingerprint density at radius 1 is 1.38 bits per heavy atom. The van der Waals surface area contributed by atoms with E-state index in [2.05, 4.69) is 15.3 Å². The van der Waals surface area contributed by atoms with Crippen LogP contribution in [0.15, 0.2) is 29.7 Å². The van der Waals surface area contributed by atoms with Gasteiger partial charge < -0.3 is 19.6 Å². The number of carbonyl (C=O) groups is 1. The van der Waals surface area contributed by atoms with Crippen molar-refractivity contribution < 1.29 is 9.90 Å². The maximum atomic E-state index is 12.0. The maximum Gasteiger partial charge on any atom is 0.356 e. The second-order valence-electron chi connectivity index (χ2n) is 4.50. The Labute approximate surface area is 121 Å². The molecule has 0 aliphatic carbocycles. The van der Waals surface area contributed by atoms with E-state index in [1.807, 2.05) is 6.92 Å². The molecule has 0 bridgehead atoms. The van der Waals surface area contributed by atoms with Crippen LogP contribution in [0.2, 0.25) is 0 Å². The molecule has 0 saturated heterocycles. The fourth-order valence-electron chi connectivity index (χ4n) is 1.88. The van der Waals surface area contributed by atoms with Gasteiger partial charge in [-0.2, -0.15) is 0 Å². The molecule has 8 heteroatoms. The highest BCUT2D eigenvalue weighted by Crippen LogP contribution is 1.98. The van der Waals surface area contributed by atoms with Gasteiger partial charge >= 0.3 is 5.97 Å². The standard InChI is InChI=1S/C13H17N5O3/c1-2-5-18-7-4-15-11(12(18)19)14-3-6-17-8-10(13(20)21)16-9-17/h4,7-9H,2-3,5-6H2,1H3,(H,14,15)(H,20,21). The summed E-state index contributed by atoms with van der Waals surface area (Å²) in [5.74, 6) is -0.765. The summed E-state index contributed by atoms with van der Waals surface area (Å²) in [7, 11) is 0. The number of imidazole rings is 1. The quantitative estimate of drug-likeness (QED) is 0.777. The molecule has 0 atom stereocenters. The Morgan fingerprint density at radius 3 is 2.86 bits per heavy atom. The van der Waals surface area contributed by atoms with Gasteiger partial charge in [0.05, 0.1) is 6.33 Å². The minimum absolute atomic E-state index is 0.00172. The third-order valence-electron chi connectivity index (χ3n) is 2.89. The fourth-order valence-corrected chi connectivity index (χ4v) is 1.88. The summed E-state index contributed by atoms with van der Waals surface area (Å²) in [6, 6.07) is 0. The maximum absolute atomic E-state index is 12.0. The van der Waals surface area contributed by atoms with E-state index in [0.29, 0.717) is 25.5 Å². The van der Waals surface area contributed by atoms with Crippen molar-refractivity contribution in [3.05, 3.63) is 41.0 Å². The van der Waals surface area contributed by atoms with Crippen LogP contribution in [0.3, 0.4) is 0 Å². The van der Waals surface area contributed by atoms with E-state index in [1.54, 1.807) is 21.5 Å². The highest BCUT2D eigenvalue weighted by atomic mass is 16.4. The Hall–Kier alpha value is -2.64. The van der Waals surface area contributed by atoms with Crippen LogP contribution in [0.1, 0.15) is 23.8 Å². The molecule has 2 rings (SSSR count). The molecule has 2 aromatic heterocycles. The lowest BCUT2D eigenvalue weighted by molar-refractivity contribution is 0.0691. The molecule has 8 nitrogen and oxygen atoms in total. The monoisotopic (exact) mass is 291 g/mol. The molecule has 0 aliphatic heterocycles. The van der Waals surface area contributed by atoms with Gasteiger partial charge in [0, 0.05) is 38.2 Å². The first-order valence-corrected chi connectivity index (χ1v) is 6.66. The first-order chi connectivity index (χ1) is 10.1. The second-order valence-corrected chi connectivity index (χ2v) is 4.50. The summed E-state index contributed by atoms with van der Waals surface area (Å²) < 4.78 is 3.25. The Morgan fingerprint density at radius 2 is 2.19 bits per heavy atom. The number of aromatic nitrogens is 4. The molecule has 0 saturated carbocycles. The molecule has 0 unspecified atom stereocenters. The normalized spacial score (nSPS) is 10.5. The van der Waals surface area contributed by atoms with E-state index in [1.165, 1.54) is 12.5 Å². The molecular formula is C13H17N5O3. The summed E-state index contributed by atoms with van der Waals surface area (Å²) in [5, 5.41) is 11.7. The lowest BCUT2D eigenvalue weighted by Crippen LogP contribution is -2.25. The van der Waals surface area contributed by atoms with Gasteiger partial charge in [-0.05, 0) is 6.42 Å². The number of rotatable bonds is 7. The summed E-state index contributed by atoms with van der Waals surface area (Å²) in [4.78, 5) is 30.5. The van der Waals surface area contributed by atoms with E-state index in [4.69, 9.17) is 5.11 Å². The molecule has 2 N–H and O–H groups in total. The van der Waals surface area contributed by atoms with Crippen LogP contribution < -0.4 is 10.9 Å². The van der Waals surface area contributed by atoms with Crippen molar-refractivity contribution >= 4 is 11.8 Å². The summed E-state index contributed by atoms with van der Waals surface area (Å²) >= 11 is 0. The van der Waals surface area contributed by atoms with Crippen molar-refractivity contribution in [3.63, 3.8) is 0 Å². The zero-order chi connectivity index (χ0) is 15.2. The third-order valence-corrected chi connectivity index (χ3v) is 2.89. The summed E-state index contributed by atoms with van der Waals surface area (Å²) in [6.07, 6.45) is 7.00. The number of hydrogen-bond acceptors (Lipinski definition) is 5. The van der Waals surface area contributed by atoms with Crippen molar-refractivity contribution in [2.75, 3.05) is 11.9 Å². The second kappa shape index (κ2) is 6.69. The summed E-state index contributed by atoms with van der Waals surface area (Å²) in [6.45, 7) is 3.59. The highest BCUT2D eigenvalue weighted by Gasteiger charge is 2.07. The molecule has 0 fully saturated rings. The van der Waals surface area contributed by atoms with Crippen molar-refractivity contribution in [1.82, 2.24) is 19.1 Å². The molecule has 0 radical (unpaired) electrons. The van der Waals surface area contributed by atoms with Crippen molar-refractivity contribution in [3.8, 4) is 0 Å². The first-order valence-electron chi connectivity index (χ1n) is 6.66. The Bertz CT molecular complexity index is 676. The van der Waals surface area contributed by atoms with Crippen LogP contribution in [-0.2, 0) is 13.1 Å². The molecule has 0 spiro atoms. The number of carboxylic acids is 1. The molecule has 0 amide bonds. The van der Waals surface area contributed by atoms with Gasteiger partial charge in [0.15, 0.2) is 11.5 Å². The highest BCUT2D eigenvalue weighted by molar-refractivity contribution is 5.84. The molecule has 2 aromatic rings. The summed E-state index contributed by atoms with van der Waals surface area (Å²) in [5.41, 5.74) is -0.158. The van der Waals surface area contributed by atoms with E-state index in [9.17, 15) is 9.59 Å². The smallest absolute Gasteiger partial charge is 0.356 e. The average molecular weight is 291 g/mol. The van der Waals surface area contributed by atoms with Gasteiger partial charge in [-0.15, -0.1) is 0 Å². The number of aryl methyl sites for hydroxylation is 1. The number of aromatic carboxylic acids is 1. The minimum atomic E-state index is -1.06. The first kappa shape index (κ1) is 14.8. The average Bonchev–Trinajstić information content (AvgIpc) is 2.92. The van der Waals surface area contributed by atoms with Gasteiger partial charge in [0.25, 0.3) is 5.56 Å². The number of hydrogen-bond donors (Lipinski definition) is 2. The molecule has 2 heterocycles. The third kappa shape index (κ3) is 3.68. The van der Waals surface area contributed by atoms with E-state index >= 15 is 0 Å². The number of nitrogens with one attached hydrogen (secondary N) is 1. The van der Waals surface area contributed by atoms with Crippen molar-refractivity contribution in [2.45, 2.75) is 26.4 Å². The van der Waals surface area contributed by atoms with Gasteiger partial charge in [-0.25, -0.2) is 14.8 Å². The molecule has 0 aliphatic rings. The number of anilines is 1. The molecular weight excluding hydrogens is 274 g/mol. The fraction of sp³-hybridized carbons (Fsp3) is 0.385. The topological polar surface area (TPSA) is 102 Å². The van der Waals surface area contributed by atoms with Crippen LogP contribution in [-0.4, -0.2) is 36.7 Å². The van der Waals surface area contributed by atoms with Crippen LogP contribution in [0, 0.1) is 0 Å². The SMILES string of the molecule is CCCn1ccnc(NCCn2cnc(C(=O)O)c2)c1=O. The van der Waals surface area contributed by atoms with E-state index in [0.717, 1.165) is 6.42 Å². The van der Waals surface area contributed by atoms with Crippen LogP contribution in [0.25, 0.3) is 0 Å². The predicted octanol–water partition coefficient (Wildman–Crippen LogP) is 0.660. The van der Waals surface area contributed by atoms with Crippen LogP contribution in [0.5, 0.6) is 0 Å². The van der Waals surface area contributed by atoms with Crippen molar-refractivity contribution in [1.29, 1.82) is 0 Å². The Kier molecular flexibility index (Phi) is 4.70. The van der Waals surface area contributed by atoms with Crippen LogP contribution in [0.4, 0.5) is 5.82 Å². The minimum Gasteiger partial charge on any atom is -0.476 e. The van der Waals surface area contributed by atoms with E-state index < -0.39 is 5.97 Å². The van der Waals surface area contributed by atoms with Crippen LogP contribution >= 0.6 is 0 Å². The van der Waals surface area contributed by atoms with Gasteiger partial charge in [0.2, 0.25) is 0 Å². The lowest BCUT2D eigenvalue weighted by Gasteiger charge is -2.08. The molecule has 112 valence electrons. The number of carboxylic acid groups (broad SMARTS) is 1. The number of nitrogens with zero attached hydrogens (tertiary/aromatic N) is 4. The van der Waals surface area contributed by atoms with Gasteiger partial charge in [-0.1, -0.05) is 6.92 Å². The lowest BCUT2D eigenvalue weighted by atomic mass is 10.4. The van der Waals surface area contributed by atoms with E-state index in [-0.39, 0.29) is 11.3 Å². The van der Waals surface area contributed by atoms with Gasteiger partial charge in [-0.3, -0.25) is 4.79 Å². The predicted molar refractivity (Wildman–Crippen MR) is 76.5 cm³/mol. The molecule has 0 aromatic carbocycles. The van der Waals surface area contributed by atoms with Crippen molar-refractivity contribution in [2.24, 2.45) is 0 Å². The largest absolute Gasteiger partial charge is 0.476 e. The zero-order valence-corrected chi connectivity index (χ0v) is 11.7. The molecule has 21 heavy (non-hydrogen) atoms.